The zero-order valence-corrected chi connectivity index (χ0v) is 13.9. The van der Waals surface area contributed by atoms with Crippen molar-refractivity contribution in [2.75, 3.05) is 6.54 Å². The smallest absolute Gasteiger partial charge is 0.410 e. The van der Waals surface area contributed by atoms with Crippen molar-refractivity contribution >= 4 is 12.1 Å². The summed E-state index contributed by atoms with van der Waals surface area (Å²) in [4.78, 5) is 33.4. The fourth-order valence-corrected chi connectivity index (χ4v) is 2.26. The molecule has 23 heavy (non-hydrogen) atoms. The molecule has 126 valence electrons. The molecule has 1 aliphatic carbocycles. The number of hydrogen-bond donors (Lipinski definition) is 1. The molecule has 0 aromatic carbocycles. The van der Waals surface area contributed by atoms with E-state index in [1.165, 1.54) is 12.4 Å². The molecule has 0 saturated heterocycles. The Balaban J connectivity index is 2.27. The van der Waals surface area contributed by atoms with Gasteiger partial charge in [-0.2, -0.15) is 0 Å². The number of carbonyl (C=O) groups excluding carboxylic acids is 1. The van der Waals surface area contributed by atoms with Gasteiger partial charge < -0.3 is 9.84 Å². The van der Waals surface area contributed by atoms with Crippen LogP contribution in [0, 0.1) is 5.92 Å². The van der Waals surface area contributed by atoms with Gasteiger partial charge in [0.05, 0.1) is 11.7 Å². The molecule has 1 heterocycles. The summed E-state index contributed by atoms with van der Waals surface area (Å²) in [5, 5.41) is 9.28. The fourth-order valence-electron chi connectivity index (χ4n) is 2.26. The van der Waals surface area contributed by atoms with Crippen LogP contribution in [0.25, 0.3) is 0 Å². The number of carboxylic acids is 1. The quantitative estimate of drug-likeness (QED) is 0.896. The van der Waals surface area contributed by atoms with E-state index in [0.717, 1.165) is 12.8 Å². The Morgan fingerprint density at radius 1 is 1.35 bits per heavy atom. The second-order valence-electron chi connectivity index (χ2n) is 6.85. The van der Waals surface area contributed by atoms with Gasteiger partial charge in [0, 0.05) is 18.9 Å². The SMILES string of the molecule is CC(c1nccnc1C(=O)O)N(CC1CC1)C(=O)OC(C)(C)C. The molecule has 1 fully saturated rings. The van der Waals surface area contributed by atoms with E-state index in [0.29, 0.717) is 12.5 Å². The van der Waals surface area contributed by atoms with Gasteiger partial charge in [-0.25, -0.2) is 14.6 Å². The van der Waals surface area contributed by atoms with Crippen molar-refractivity contribution in [3.63, 3.8) is 0 Å². The van der Waals surface area contributed by atoms with Crippen LogP contribution in [0.2, 0.25) is 0 Å². The van der Waals surface area contributed by atoms with Crippen molar-refractivity contribution < 1.29 is 19.4 Å². The Kier molecular flexibility index (Phi) is 4.87. The standard InChI is InChI=1S/C16H23N3O4/c1-10(12-13(14(20)21)18-8-7-17-12)19(9-11-5-6-11)15(22)23-16(2,3)4/h7-8,10-11H,5-6,9H2,1-4H3,(H,20,21). The van der Waals surface area contributed by atoms with Crippen molar-refractivity contribution in [3.8, 4) is 0 Å². The monoisotopic (exact) mass is 321 g/mol. The van der Waals surface area contributed by atoms with Gasteiger partial charge in [0.25, 0.3) is 0 Å². The fraction of sp³-hybridized carbons (Fsp3) is 0.625. The van der Waals surface area contributed by atoms with E-state index < -0.39 is 23.7 Å². The number of amides is 1. The van der Waals surface area contributed by atoms with Gasteiger partial charge in [-0.3, -0.25) is 9.88 Å². The number of aromatic nitrogens is 2. The molecule has 1 N–H and O–H groups in total. The maximum Gasteiger partial charge on any atom is 0.410 e. The van der Waals surface area contributed by atoms with Crippen LogP contribution in [0.5, 0.6) is 0 Å². The van der Waals surface area contributed by atoms with Crippen molar-refractivity contribution in [2.24, 2.45) is 5.92 Å². The van der Waals surface area contributed by atoms with E-state index in [-0.39, 0.29) is 11.4 Å². The highest BCUT2D eigenvalue weighted by Crippen LogP contribution is 2.33. The molecular weight excluding hydrogens is 298 g/mol. The number of nitrogens with zero attached hydrogens (tertiary/aromatic N) is 3. The van der Waals surface area contributed by atoms with Crippen LogP contribution in [0.1, 0.15) is 62.8 Å². The zero-order chi connectivity index (χ0) is 17.2. The highest BCUT2D eigenvalue weighted by atomic mass is 16.6. The lowest BCUT2D eigenvalue weighted by molar-refractivity contribution is 0.0155. The number of ether oxygens (including phenoxy) is 1. The van der Waals surface area contributed by atoms with Crippen molar-refractivity contribution in [1.29, 1.82) is 0 Å². The molecule has 1 aromatic heterocycles. The lowest BCUT2D eigenvalue weighted by Crippen LogP contribution is -2.40. The van der Waals surface area contributed by atoms with Gasteiger partial charge in [-0.1, -0.05) is 0 Å². The highest BCUT2D eigenvalue weighted by Gasteiger charge is 2.34. The van der Waals surface area contributed by atoms with Gasteiger partial charge in [-0.15, -0.1) is 0 Å². The predicted octanol–water partition coefficient (Wildman–Crippen LogP) is 2.88. The van der Waals surface area contributed by atoms with E-state index in [9.17, 15) is 14.7 Å². The molecule has 0 radical (unpaired) electrons. The Hall–Kier alpha value is -2.18. The number of rotatable bonds is 5. The number of carbonyl (C=O) groups is 2. The molecule has 1 aliphatic rings. The average Bonchev–Trinajstić information content (AvgIpc) is 3.26. The summed E-state index contributed by atoms with van der Waals surface area (Å²) in [6.45, 7) is 7.69. The summed E-state index contributed by atoms with van der Waals surface area (Å²) in [5.41, 5.74) is -0.479. The molecule has 1 saturated carbocycles. The summed E-state index contributed by atoms with van der Waals surface area (Å²) in [6.07, 6.45) is 4.44. The van der Waals surface area contributed by atoms with E-state index in [1.807, 2.05) is 0 Å². The Labute approximate surface area is 135 Å². The van der Waals surface area contributed by atoms with E-state index in [2.05, 4.69) is 9.97 Å². The molecule has 0 aliphatic heterocycles. The number of aromatic carboxylic acids is 1. The summed E-state index contributed by atoms with van der Waals surface area (Å²) < 4.78 is 5.46. The maximum atomic E-state index is 12.5. The molecule has 7 nitrogen and oxygen atoms in total. The maximum absolute atomic E-state index is 12.5. The molecule has 2 rings (SSSR count). The minimum absolute atomic E-state index is 0.135. The minimum Gasteiger partial charge on any atom is -0.476 e. The molecule has 1 unspecified atom stereocenters. The van der Waals surface area contributed by atoms with Crippen LogP contribution in [0.15, 0.2) is 12.4 Å². The summed E-state index contributed by atoms with van der Waals surface area (Å²) >= 11 is 0. The van der Waals surface area contributed by atoms with Crippen LogP contribution in [0.3, 0.4) is 0 Å². The molecule has 0 spiro atoms. The molecular formula is C16H23N3O4. The molecule has 0 bridgehead atoms. The van der Waals surface area contributed by atoms with Gasteiger partial charge in [-0.05, 0) is 46.5 Å². The zero-order valence-electron chi connectivity index (χ0n) is 13.9. The number of hydrogen-bond acceptors (Lipinski definition) is 5. The van der Waals surface area contributed by atoms with Gasteiger partial charge in [0.15, 0.2) is 5.69 Å². The lowest BCUT2D eigenvalue weighted by Gasteiger charge is -2.31. The second kappa shape index (κ2) is 6.52. The summed E-state index contributed by atoms with van der Waals surface area (Å²) in [6, 6.07) is -0.523. The van der Waals surface area contributed by atoms with Crippen LogP contribution in [-0.4, -0.2) is 44.2 Å². The third-order valence-electron chi connectivity index (χ3n) is 3.57. The largest absolute Gasteiger partial charge is 0.476 e. The Morgan fingerprint density at radius 2 is 1.96 bits per heavy atom. The average molecular weight is 321 g/mol. The van der Waals surface area contributed by atoms with E-state index in [1.54, 1.807) is 32.6 Å². The topological polar surface area (TPSA) is 92.6 Å². The minimum atomic E-state index is -1.16. The van der Waals surface area contributed by atoms with Crippen LogP contribution >= 0.6 is 0 Å². The first-order chi connectivity index (χ1) is 10.7. The Morgan fingerprint density at radius 3 is 2.48 bits per heavy atom. The molecule has 1 aromatic rings. The van der Waals surface area contributed by atoms with Crippen LogP contribution < -0.4 is 0 Å². The van der Waals surface area contributed by atoms with Crippen molar-refractivity contribution in [1.82, 2.24) is 14.9 Å². The normalized spacial score (nSPS) is 15.8. The third-order valence-corrected chi connectivity index (χ3v) is 3.57. The van der Waals surface area contributed by atoms with E-state index >= 15 is 0 Å². The second-order valence-corrected chi connectivity index (χ2v) is 6.85. The van der Waals surface area contributed by atoms with Gasteiger partial charge in [0.2, 0.25) is 0 Å². The van der Waals surface area contributed by atoms with Crippen molar-refractivity contribution in [2.45, 2.75) is 52.2 Å². The Bertz CT molecular complexity index is 593. The highest BCUT2D eigenvalue weighted by molar-refractivity contribution is 5.86. The summed E-state index contributed by atoms with van der Waals surface area (Å²) in [5.74, 6) is -0.717. The first-order valence-corrected chi connectivity index (χ1v) is 7.73. The third kappa shape index (κ3) is 4.64. The van der Waals surface area contributed by atoms with Crippen molar-refractivity contribution in [3.05, 3.63) is 23.8 Å². The molecule has 1 atom stereocenters. The van der Waals surface area contributed by atoms with Gasteiger partial charge in [0.1, 0.15) is 5.60 Å². The first kappa shape index (κ1) is 17.2. The van der Waals surface area contributed by atoms with E-state index in [4.69, 9.17) is 4.74 Å². The summed E-state index contributed by atoms with van der Waals surface area (Å²) in [7, 11) is 0. The molecule has 1 amide bonds. The molecule has 7 heteroatoms. The number of carboxylic acid groups (broad SMARTS) is 1. The van der Waals surface area contributed by atoms with Crippen LogP contribution in [-0.2, 0) is 4.74 Å². The lowest BCUT2D eigenvalue weighted by atomic mass is 10.1. The van der Waals surface area contributed by atoms with Crippen LogP contribution in [0.4, 0.5) is 4.79 Å². The van der Waals surface area contributed by atoms with Gasteiger partial charge >= 0.3 is 12.1 Å². The predicted molar refractivity (Wildman–Crippen MR) is 83.1 cm³/mol. The first-order valence-electron chi connectivity index (χ1n) is 7.73.